The molecule has 0 aromatic heterocycles. The molecule has 0 heterocycles. The van der Waals surface area contributed by atoms with Crippen LogP contribution in [0.3, 0.4) is 0 Å². The zero-order valence-corrected chi connectivity index (χ0v) is 12.7. The predicted molar refractivity (Wildman–Crippen MR) is 77.4 cm³/mol. The second kappa shape index (κ2) is 8.12. The highest BCUT2D eigenvalue weighted by molar-refractivity contribution is 5.83. The summed E-state index contributed by atoms with van der Waals surface area (Å²) in [5.41, 5.74) is 1.33. The molecule has 2 nitrogen and oxygen atoms in total. The molecule has 2 heteroatoms. The number of hydrogen-bond donors (Lipinski definition) is 0. The van der Waals surface area contributed by atoms with E-state index in [1.54, 1.807) is 0 Å². The minimum absolute atomic E-state index is 0.262. The van der Waals surface area contributed by atoms with Gasteiger partial charge in [-0.3, -0.25) is 0 Å². The van der Waals surface area contributed by atoms with Crippen LogP contribution in [0.25, 0.3) is 0 Å². The fourth-order valence-electron chi connectivity index (χ4n) is 1.49. The topological polar surface area (TPSA) is 26.3 Å². The molecule has 0 rings (SSSR count). The number of carbonyl (C=O) groups is 1. The van der Waals surface area contributed by atoms with E-state index in [4.69, 9.17) is 4.74 Å². The van der Waals surface area contributed by atoms with E-state index in [0.717, 1.165) is 5.57 Å². The Kier molecular flexibility index (Phi) is 7.65. The third-order valence-electron chi connectivity index (χ3n) is 2.67. The Morgan fingerprint density at radius 3 is 2.44 bits per heavy atom. The predicted octanol–water partition coefficient (Wildman–Crippen LogP) is 4.51. The fourth-order valence-corrected chi connectivity index (χ4v) is 1.49. The van der Waals surface area contributed by atoms with Crippen LogP contribution < -0.4 is 0 Å². The Hall–Kier alpha value is -1.05. The third-order valence-corrected chi connectivity index (χ3v) is 2.67. The molecule has 0 aliphatic carbocycles. The van der Waals surface area contributed by atoms with E-state index < -0.39 is 0 Å². The zero-order chi connectivity index (χ0) is 14.2. The molecule has 0 bridgehead atoms. The second-order valence-corrected chi connectivity index (χ2v) is 6.08. The molecule has 0 aromatic carbocycles. The molecule has 0 aromatic rings. The summed E-state index contributed by atoms with van der Waals surface area (Å²) in [7, 11) is 0. The molecule has 104 valence electrons. The molecule has 0 aliphatic heterocycles. The monoisotopic (exact) mass is 252 g/mol. The summed E-state index contributed by atoms with van der Waals surface area (Å²) in [6, 6.07) is 0. The van der Waals surface area contributed by atoms with Crippen molar-refractivity contribution in [1.82, 2.24) is 0 Å². The SMILES string of the molecule is CCOC(=O)C=C(C)C=CC(C)CCC(C)(C)C. The summed E-state index contributed by atoms with van der Waals surface area (Å²) in [4.78, 5) is 11.2. The number of rotatable bonds is 6. The van der Waals surface area contributed by atoms with E-state index in [1.807, 2.05) is 19.9 Å². The minimum atomic E-state index is -0.262. The van der Waals surface area contributed by atoms with Crippen LogP contribution in [0.4, 0.5) is 0 Å². The third kappa shape index (κ3) is 10.1. The van der Waals surface area contributed by atoms with Crippen LogP contribution in [0, 0.1) is 11.3 Å². The van der Waals surface area contributed by atoms with E-state index in [1.165, 1.54) is 18.9 Å². The zero-order valence-electron chi connectivity index (χ0n) is 12.7. The number of allylic oxidation sites excluding steroid dienone is 3. The van der Waals surface area contributed by atoms with Crippen molar-refractivity contribution in [3.8, 4) is 0 Å². The quantitative estimate of drug-likeness (QED) is 0.395. The van der Waals surface area contributed by atoms with Gasteiger partial charge >= 0.3 is 5.97 Å². The van der Waals surface area contributed by atoms with Crippen LogP contribution in [-0.4, -0.2) is 12.6 Å². The van der Waals surface area contributed by atoms with Crippen molar-refractivity contribution in [1.29, 1.82) is 0 Å². The van der Waals surface area contributed by atoms with Crippen LogP contribution in [0.2, 0.25) is 0 Å². The maximum absolute atomic E-state index is 11.2. The number of ether oxygens (including phenoxy) is 1. The Labute approximate surface area is 112 Å². The first kappa shape index (κ1) is 16.9. The first-order valence-corrected chi connectivity index (χ1v) is 6.78. The largest absolute Gasteiger partial charge is 0.463 e. The van der Waals surface area contributed by atoms with Crippen molar-refractivity contribution >= 4 is 5.97 Å². The summed E-state index contributed by atoms with van der Waals surface area (Å²) >= 11 is 0. The average Bonchev–Trinajstić information content (AvgIpc) is 2.22. The highest BCUT2D eigenvalue weighted by Crippen LogP contribution is 2.24. The molecule has 0 saturated heterocycles. The van der Waals surface area contributed by atoms with Gasteiger partial charge < -0.3 is 4.74 Å². The minimum Gasteiger partial charge on any atom is -0.463 e. The van der Waals surface area contributed by atoms with Crippen LogP contribution in [-0.2, 0) is 9.53 Å². The number of carbonyl (C=O) groups excluding carboxylic acids is 1. The summed E-state index contributed by atoms with van der Waals surface area (Å²) in [6.45, 7) is 13.1. The summed E-state index contributed by atoms with van der Waals surface area (Å²) in [6.07, 6.45) is 8.09. The van der Waals surface area contributed by atoms with Crippen molar-refractivity contribution in [3.63, 3.8) is 0 Å². The molecule has 1 unspecified atom stereocenters. The lowest BCUT2D eigenvalue weighted by atomic mass is 9.87. The van der Waals surface area contributed by atoms with Crippen molar-refractivity contribution in [2.75, 3.05) is 6.61 Å². The highest BCUT2D eigenvalue weighted by Gasteiger charge is 2.10. The van der Waals surface area contributed by atoms with Gasteiger partial charge in [-0.1, -0.05) is 39.8 Å². The molecule has 0 fully saturated rings. The van der Waals surface area contributed by atoms with E-state index in [0.29, 0.717) is 17.9 Å². The first-order chi connectivity index (χ1) is 8.24. The molecule has 0 amide bonds. The van der Waals surface area contributed by atoms with E-state index in [-0.39, 0.29) is 5.97 Å². The second-order valence-electron chi connectivity index (χ2n) is 6.08. The molecule has 1 atom stereocenters. The Bertz CT molecular complexity index is 306. The van der Waals surface area contributed by atoms with Crippen LogP contribution in [0.5, 0.6) is 0 Å². The van der Waals surface area contributed by atoms with Gasteiger partial charge in [-0.05, 0) is 43.6 Å². The summed E-state index contributed by atoms with van der Waals surface area (Å²) in [5.74, 6) is 0.275. The van der Waals surface area contributed by atoms with Gasteiger partial charge in [0.15, 0.2) is 0 Å². The smallest absolute Gasteiger partial charge is 0.330 e. The molecule has 18 heavy (non-hydrogen) atoms. The number of esters is 1. The Morgan fingerprint density at radius 1 is 1.33 bits per heavy atom. The van der Waals surface area contributed by atoms with Gasteiger partial charge in [-0.15, -0.1) is 0 Å². The molecule has 0 saturated carbocycles. The van der Waals surface area contributed by atoms with Gasteiger partial charge in [0.1, 0.15) is 0 Å². The number of hydrogen-bond acceptors (Lipinski definition) is 2. The van der Waals surface area contributed by atoms with Crippen molar-refractivity contribution in [3.05, 3.63) is 23.8 Å². The van der Waals surface area contributed by atoms with Crippen molar-refractivity contribution in [2.24, 2.45) is 11.3 Å². The van der Waals surface area contributed by atoms with Gasteiger partial charge in [-0.2, -0.15) is 0 Å². The highest BCUT2D eigenvalue weighted by atomic mass is 16.5. The normalized spacial score (nSPS) is 14.9. The molecule has 0 N–H and O–H groups in total. The van der Waals surface area contributed by atoms with Crippen molar-refractivity contribution < 1.29 is 9.53 Å². The first-order valence-electron chi connectivity index (χ1n) is 6.78. The van der Waals surface area contributed by atoms with Gasteiger partial charge in [0, 0.05) is 6.08 Å². The van der Waals surface area contributed by atoms with Crippen LogP contribution in [0.15, 0.2) is 23.8 Å². The van der Waals surface area contributed by atoms with Gasteiger partial charge in [-0.25, -0.2) is 4.79 Å². The molecular weight excluding hydrogens is 224 g/mol. The van der Waals surface area contributed by atoms with E-state index in [2.05, 4.69) is 33.8 Å². The standard InChI is InChI=1S/C16H28O2/c1-7-18-15(17)12-14(3)9-8-13(2)10-11-16(4,5)6/h8-9,12-13H,7,10-11H2,1-6H3. The lowest BCUT2D eigenvalue weighted by molar-refractivity contribution is -0.137. The lowest BCUT2D eigenvalue weighted by Crippen LogP contribution is -2.06. The summed E-state index contributed by atoms with van der Waals surface area (Å²) < 4.78 is 4.86. The average molecular weight is 252 g/mol. The van der Waals surface area contributed by atoms with Crippen LogP contribution in [0.1, 0.15) is 54.4 Å². The maximum Gasteiger partial charge on any atom is 0.330 e. The van der Waals surface area contributed by atoms with Crippen molar-refractivity contribution in [2.45, 2.75) is 54.4 Å². The lowest BCUT2D eigenvalue weighted by Gasteiger charge is -2.19. The Morgan fingerprint density at radius 2 is 1.94 bits per heavy atom. The van der Waals surface area contributed by atoms with E-state index in [9.17, 15) is 4.79 Å². The summed E-state index contributed by atoms with van der Waals surface area (Å²) in [5, 5.41) is 0. The molecule has 0 aliphatic rings. The fraction of sp³-hybridized carbons (Fsp3) is 0.688. The molecule has 0 spiro atoms. The van der Waals surface area contributed by atoms with E-state index >= 15 is 0 Å². The molecular formula is C16H28O2. The van der Waals surface area contributed by atoms with Gasteiger partial charge in [0.2, 0.25) is 0 Å². The Balaban J connectivity index is 4.17. The molecule has 0 radical (unpaired) electrons. The van der Waals surface area contributed by atoms with Gasteiger partial charge in [0.05, 0.1) is 6.61 Å². The van der Waals surface area contributed by atoms with Crippen LogP contribution >= 0.6 is 0 Å². The van der Waals surface area contributed by atoms with Gasteiger partial charge in [0.25, 0.3) is 0 Å². The maximum atomic E-state index is 11.2.